The molecule has 3 N–H and O–H groups in total. The zero-order chi connectivity index (χ0) is 13.7. The molecular formula is C13H19ClN2OS. The average molecular weight is 287 g/mol. The fourth-order valence-corrected chi connectivity index (χ4v) is 2.42. The molecule has 0 fully saturated rings. The van der Waals surface area contributed by atoms with Gasteiger partial charge >= 0.3 is 0 Å². The second-order valence-corrected chi connectivity index (χ2v) is 5.94. The van der Waals surface area contributed by atoms with E-state index in [0.29, 0.717) is 22.4 Å². The Balaban J connectivity index is 2.53. The number of rotatable bonds is 5. The van der Waals surface area contributed by atoms with Crippen molar-refractivity contribution in [3.63, 3.8) is 0 Å². The van der Waals surface area contributed by atoms with Gasteiger partial charge in [-0.1, -0.05) is 31.5 Å². The zero-order valence-corrected chi connectivity index (χ0v) is 12.4. The van der Waals surface area contributed by atoms with Gasteiger partial charge in [-0.15, -0.1) is 11.8 Å². The van der Waals surface area contributed by atoms with E-state index in [1.54, 1.807) is 18.2 Å². The van der Waals surface area contributed by atoms with Gasteiger partial charge in [0, 0.05) is 16.6 Å². The van der Waals surface area contributed by atoms with Crippen LogP contribution in [0.5, 0.6) is 0 Å². The Morgan fingerprint density at radius 1 is 1.44 bits per heavy atom. The molecule has 100 valence electrons. The number of hydrogen-bond acceptors (Lipinski definition) is 3. The third-order valence-electron chi connectivity index (χ3n) is 2.73. The van der Waals surface area contributed by atoms with Crippen molar-refractivity contribution >= 4 is 35.0 Å². The first kappa shape index (κ1) is 15.2. The van der Waals surface area contributed by atoms with E-state index in [9.17, 15) is 4.79 Å². The lowest BCUT2D eigenvalue weighted by Gasteiger charge is -2.17. The van der Waals surface area contributed by atoms with Crippen LogP contribution in [-0.2, 0) is 4.79 Å². The van der Waals surface area contributed by atoms with Crippen LogP contribution in [0.15, 0.2) is 23.1 Å². The fraction of sp³-hybridized carbons (Fsp3) is 0.462. The molecule has 0 saturated heterocycles. The van der Waals surface area contributed by atoms with E-state index in [1.807, 2.05) is 6.92 Å². The minimum absolute atomic E-state index is 0.000481. The van der Waals surface area contributed by atoms with Gasteiger partial charge in [-0.3, -0.25) is 4.79 Å². The largest absolute Gasteiger partial charge is 0.398 e. The summed E-state index contributed by atoms with van der Waals surface area (Å²) in [7, 11) is 0. The number of carbonyl (C=O) groups excluding carboxylic acids is 1. The molecule has 0 radical (unpaired) electrons. The van der Waals surface area contributed by atoms with E-state index in [1.165, 1.54) is 11.8 Å². The molecular weight excluding hydrogens is 268 g/mol. The summed E-state index contributed by atoms with van der Waals surface area (Å²) in [6.45, 7) is 6.14. The van der Waals surface area contributed by atoms with Gasteiger partial charge in [0.15, 0.2) is 0 Å². The van der Waals surface area contributed by atoms with Crippen LogP contribution in [0.2, 0.25) is 5.02 Å². The van der Waals surface area contributed by atoms with Crippen LogP contribution < -0.4 is 11.1 Å². The number of nitrogens with one attached hydrogen (secondary N) is 1. The van der Waals surface area contributed by atoms with Gasteiger partial charge in [-0.05, 0) is 25.0 Å². The van der Waals surface area contributed by atoms with Gasteiger partial charge in [0.1, 0.15) is 0 Å². The highest BCUT2D eigenvalue weighted by Crippen LogP contribution is 2.32. The van der Waals surface area contributed by atoms with Crippen LogP contribution in [0.1, 0.15) is 20.8 Å². The summed E-state index contributed by atoms with van der Waals surface area (Å²) in [6.07, 6.45) is 0. The molecule has 0 heterocycles. The third-order valence-corrected chi connectivity index (χ3v) is 4.31. The molecule has 1 aromatic rings. The first-order valence-electron chi connectivity index (χ1n) is 5.88. The molecule has 3 nitrogen and oxygen atoms in total. The number of nitrogen functional groups attached to an aromatic ring is 1. The summed E-state index contributed by atoms with van der Waals surface area (Å²) in [5.74, 6) is 0.746. The van der Waals surface area contributed by atoms with Crippen molar-refractivity contribution in [3.8, 4) is 0 Å². The Morgan fingerprint density at radius 3 is 2.67 bits per heavy atom. The van der Waals surface area contributed by atoms with Gasteiger partial charge in [0.05, 0.1) is 10.8 Å². The second-order valence-electron chi connectivity index (χ2n) is 4.55. The van der Waals surface area contributed by atoms with Crippen LogP contribution in [0.25, 0.3) is 0 Å². The molecule has 1 atom stereocenters. The van der Waals surface area contributed by atoms with Crippen molar-refractivity contribution in [1.82, 2.24) is 5.32 Å². The highest BCUT2D eigenvalue weighted by molar-refractivity contribution is 8.00. The Morgan fingerprint density at radius 2 is 2.11 bits per heavy atom. The SMILES string of the molecule is CC(C)C(C)NC(=O)CSc1c(N)cccc1Cl. The number of amides is 1. The van der Waals surface area contributed by atoms with Gasteiger partial charge in [-0.2, -0.15) is 0 Å². The molecule has 0 saturated carbocycles. The quantitative estimate of drug-likeness (QED) is 0.646. The maximum absolute atomic E-state index is 11.7. The molecule has 0 aliphatic rings. The molecule has 0 aliphatic carbocycles. The van der Waals surface area contributed by atoms with Gasteiger partial charge < -0.3 is 11.1 Å². The van der Waals surface area contributed by atoms with Crippen LogP contribution in [0.3, 0.4) is 0 Å². The smallest absolute Gasteiger partial charge is 0.230 e. The van der Waals surface area contributed by atoms with Crippen molar-refractivity contribution in [2.45, 2.75) is 31.7 Å². The highest BCUT2D eigenvalue weighted by Gasteiger charge is 2.12. The van der Waals surface area contributed by atoms with E-state index in [4.69, 9.17) is 17.3 Å². The molecule has 0 aliphatic heterocycles. The lowest BCUT2D eigenvalue weighted by Crippen LogP contribution is -2.37. The minimum Gasteiger partial charge on any atom is -0.398 e. The number of anilines is 1. The summed E-state index contributed by atoms with van der Waals surface area (Å²) in [5.41, 5.74) is 6.43. The standard InChI is InChI=1S/C13H19ClN2OS/c1-8(2)9(3)16-12(17)7-18-13-10(14)5-4-6-11(13)15/h4-6,8-9H,7,15H2,1-3H3,(H,16,17). The predicted octanol–water partition coefficient (Wildman–Crippen LogP) is 3.18. The van der Waals surface area contributed by atoms with Gasteiger partial charge in [0.2, 0.25) is 5.91 Å². The van der Waals surface area contributed by atoms with Crippen LogP contribution in [0, 0.1) is 5.92 Å². The minimum atomic E-state index is 0.000481. The van der Waals surface area contributed by atoms with Crippen molar-refractivity contribution in [1.29, 1.82) is 0 Å². The van der Waals surface area contributed by atoms with Crippen LogP contribution in [0.4, 0.5) is 5.69 Å². The van der Waals surface area contributed by atoms with Crippen molar-refractivity contribution in [2.75, 3.05) is 11.5 Å². The molecule has 1 aromatic carbocycles. The first-order chi connectivity index (χ1) is 8.41. The van der Waals surface area contributed by atoms with Gasteiger partial charge in [-0.25, -0.2) is 0 Å². The number of nitrogens with two attached hydrogens (primary N) is 1. The number of halogens is 1. The summed E-state index contributed by atoms with van der Waals surface area (Å²) < 4.78 is 0. The highest BCUT2D eigenvalue weighted by atomic mass is 35.5. The maximum Gasteiger partial charge on any atom is 0.230 e. The molecule has 1 rings (SSSR count). The normalized spacial score (nSPS) is 12.5. The van der Waals surface area contributed by atoms with E-state index >= 15 is 0 Å². The lowest BCUT2D eigenvalue weighted by molar-refractivity contribution is -0.119. The zero-order valence-electron chi connectivity index (χ0n) is 10.9. The van der Waals surface area contributed by atoms with Crippen LogP contribution >= 0.6 is 23.4 Å². The monoisotopic (exact) mass is 286 g/mol. The predicted molar refractivity (Wildman–Crippen MR) is 79.0 cm³/mol. The lowest BCUT2D eigenvalue weighted by atomic mass is 10.1. The molecule has 0 bridgehead atoms. The number of thioether (sulfide) groups is 1. The van der Waals surface area contributed by atoms with Crippen LogP contribution in [-0.4, -0.2) is 17.7 Å². The Hall–Kier alpha value is -0.870. The summed E-state index contributed by atoms with van der Waals surface area (Å²) >= 11 is 7.40. The maximum atomic E-state index is 11.7. The number of carbonyl (C=O) groups is 1. The Bertz CT molecular complexity index is 403. The van der Waals surface area contributed by atoms with Crippen molar-refractivity contribution < 1.29 is 4.79 Å². The van der Waals surface area contributed by atoms with Crippen molar-refractivity contribution in [3.05, 3.63) is 23.2 Å². The van der Waals surface area contributed by atoms with E-state index in [0.717, 1.165) is 4.90 Å². The van der Waals surface area contributed by atoms with E-state index in [-0.39, 0.29) is 11.9 Å². The third kappa shape index (κ3) is 4.42. The summed E-state index contributed by atoms with van der Waals surface area (Å²) in [6, 6.07) is 5.52. The molecule has 0 spiro atoms. The number of hydrogen-bond donors (Lipinski definition) is 2. The van der Waals surface area contributed by atoms with E-state index < -0.39 is 0 Å². The molecule has 18 heavy (non-hydrogen) atoms. The Kier molecular flexibility index (Phi) is 5.82. The summed E-state index contributed by atoms with van der Waals surface area (Å²) in [5, 5.41) is 3.53. The van der Waals surface area contributed by atoms with E-state index in [2.05, 4.69) is 19.2 Å². The molecule has 1 amide bonds. The molecule has 5 heteroatoms. The molecule has 1 unspecified atom stereocenters. The molecule has 0 aromatic heterocycles. The topological polar surface area (TPSA) is 55.1 Å². The van der Waals surface area contributed by atoms with Crippen molar-refractivity contribution in [2.24, 2.45) is 5.92 Å². The Labute approximate surface area is 117 Å². The second kappa shape index (κ2) is 6.90. The first-order valence-corrected chi connectivity index (χ1v) is 7.24. The average Bonchev–Trinajstić information content (AvgIpc) is 2.28. The number of benzene rings is 1. The fourth-order valence-electron chi connectivity index (χ4n) is 1.28. The van der Waals surface area contributed by atoms with Gasteiger partial charge in [0.25, 0.3) is 0 Å². The summed E-state index contributed by atoms with van der Waals surface area (Å²) in [4.78, 5) is 12.5.